The minimum atomic E-state index is 0.313. The number of nitrogens with zero attached hydrogens (tertiary/aromatic N) is 4. The fourth-order valence-electron chi connectivity index (χ4n) is 4.00. The second-order valence-electron chi connectivity index (χ2n) is 7.54. The van der Waals surface area contributed by atoms with Crippen molar-refractivity contribution in [2.45, 2.75) is 25.4 Å². The van der Waals surface area contributed by atoms with Gasteiger partial charge in [-0.1, -0.05) is 18.2 Å². The van der Waals surface area contributed by atoms with Crippen molar-refractivity contribution in [2.24, 2.45) is 0 Å². The molecule has 1 saturated heterocycles. The molecule has 0 radical (unpaired) electrons. The molecule has 2 aromatic carbocycles. The normalized spacial score (nSPS) is 16.6. The van der Waals surface area contributed by atoms with Gasteiger partial charge < -0.3 is 18.8 Å². The van der Waals surface area contributed by atoms with Crippen molar-refractivity contribution in [1.82, 2.24) is 15.1 Å². The van der Waals surface area contributed by atoms with E-state index >= 15 is 0 Å². The first kappa shape index (κ1) is 18.0. The Morgan fingerprint density at radius 2 is 1.79 bits per heavy atom. The number of benzene rings is 2. The molecule has 5 rings (SSSR count). The molecule has 7 heteroatoms. The zero-order valence-corrected chi connectivity index (χ0v) is 16.5. The molecule has 2 aliphatic rings. The van der Waals surface area contributed by atoms with Gasteiger partial charge >= 0.3 is 0 Å². The monoisotopic (exact) mass is 392 g/mol. The third-order valence-electron chi connectivity index (χ3n) is 5.68. The summed E-state index contributed by atoms with van der Waals surface area (Å²) >= 11 is 0. The zero-order chi connectivity index (χ0) is 19.6. The average molecular weight is 392 g/mol. The number of hydrogen-bond donors (Lipinski definition) is 0. The van der Waals surface area contributed by atoms with E-state index in [0.29, 0.717) is 31.2 Å². The lowest BCUT2D eigenvalue weighted by molar-refractivity contribution is 0.174. The van der Waals surface area contributed by atoms with Gasteiger partial charge in [0.25, 0.3) is 0 Å². The Hall–Kier alpha value is -3.06. The van der Waals surface area contributed by atoms with Crippen LogP contribution in [-0.4, -0.2) is 48.1 Å². The molecular formula is C22H24N4O3. The Bertz CT molecular complexity index is 967. The zero-order valence-electron chi connectivity index (χ0n) is 16.5. The summed E-state index contributed by atoms with van der Waals surface area (Å²) in [4.78, 5) is 4.73. The molecule has 3 aromatic rings. The van der Waals surface area contributed by atoms with E-state index in [0.717, 1.165) is 43.0 Å². The van der Waals surface area contributed by atoms with E-state index in [1.807, 2.05) is 36.4 Å². The SMILES string of the molecule is CN(Cc1nnc(-c2ccccc2)o1)C1CCN(c2ccc3c(c2)OCO3)CC1. The fourth-order valence-corrected chi connectivity index (χ4v) is 4.00. The van der Waals surface area contributed by atoms with Gasteiger partial charge in [0.05, 0.1) is 6.54 Å². The van der Waals surface area contributed by atoms with Crippen LogP contribution in [0.4, 0.5) is 5.69 Å². The van der Waals surface area contributed by atoms with Crippen LogP contribution in [0.3, 0.4) is 0 Å². The van der Waals surface area contributed by atoms with Gasteiger partial charge in [-0.05, 0) is 44.2 Å². The molecule has 0 saturated carbocycles. The third-order valence-corrected chi connectivity index (χ3v) is 5.68. The Kier molecular flexibility index (Phi) is 4.81. The Morgan fingerprint density at radius 1 is 1.00 bits per heavy atom. The first-order valence-corrected chi connectivity index (χ1v) is 9.99. The van der Waals surface area contributed by atoms with E-state index in [1.54, 1.807) is 0 Å². The molecule has 0 atom stereocenters. The number of hydrogen-bond acceptors (Lipinski definition) is 7. The first-order chi connectivity index (χ1) is 14.3. The van der Waals surface area contributed by atoms with Gasteiger partial charge in [0, 0.05) is 36.4 Å². The largest absolute Gasteiger partial charge is 0.454 e. The molecule has 1 fully saturated rings. The lowest BCUT2D eigenvalue weighted by Gasteiger charge is -2.37. The Balaban J connectivity index is 1.17. The molecule has 0 bridgehead atoms. The predicted octanol–water partition coefficient (Wildman–Crippen LogP) is 3.57. The maximum atomic E-state index is 5.86. The molecule has 1 aromatic heterocycles. The van der Waals surface area contributed by atoms with Crippen molar-refractivity contribution in [3.63, 3.8) is 0 Å². The minimum absolute atomic E-state index is 0.313. The van der Waals surface area contributed by atoms with E-state index in [4.69, 9.17) is 13.9 Å². The molecule has 3 heterocycles. The summed E-state index contributed by atoms with van der Waals surface area (Å²) in [6.07, 6.45) is 2.18. The van der Waals surface area contributed by atoms with E-state index in [-0.39, 0.29) is 0 Å². The molecule has 0 spiro atoms. The quantitative estimate of drug-likeness (QED) is 0.658. The van der Waals surface area contributed by atoms with Crippen LogP contribution in [0.1, 0.15) is 18.7 Å². The highest BCUT2D eigenvalue weighted by Crippen LogP contribution is 2.36. The molecule has 0 N–H and O–H groups in total. The van der Waals surface area contributed by atoms with Crippen LogP contribution < -0.4 is 14.4 Å². The van der Waals surface area contributed by atoms with Gasteiger partial charge in [-0.2, -0.15) is 0 Å². The number of rotatable bonds is 5. The van der Waals surface area contributed by atoms with Gasteiger partial charge in [-0.15, -0.1) is 10.2 Å². The lowest BCUT2D eigenvalue weighted by atomic mass is 10.0. The van der Waals surface area contributed by atoms with Crippen molar-refractivity contribution in [3.05, 3.63) is 54.4 Å². The van der Waals surface area contributed by atoms with Crippen molar-refractivity contribution in [1.29, 1.82) is 0 Å². The van der Waals surface area contributed by atoms with Crippen LogP contribution in [0.2, 0.25) is 0 Å². The lowest BCUT2D eigenvalue weighted by Crippen LogP contribution is -2.43. The van der Waals surface area contributed by atoms with Crippen LogP contribution in [0, 0.1) is 0 Å². The number of fused-ring (bicyclic) bond motifs is 1. The molecular weight excluding hydrogens is 368 g/mol. The van der Waals surface area contributed by atoms with Gasteiger partial charge in [0.2, 0.25) is 18.6 Å². The molecule has 7 nitrogen and oxygen atoms in total. The highest BCUT2D eigenvalue weighted by Gasteiger charge is 2.25. The number of anilines is 1. The van der Waals surface area contributed by atoms with Gasteiger partial charge in [0.15, 0.2) is 11.5 Å². The van der Waals surface area contributed by atoms with E-state index in [2.05, 4.69) is 39.2 Å². The second kappa shape index (κ2) is 7.75. The van der Waals surface area contributed by atoms with Crippen LogP contribution in [0.15, 0.2) is 52.9 Å². The van der Waals surface area contributed by atoms with Crippen LogP contribution in [0.5, 0.6) is 11.5 Å². The van der Waals surface area contributed by atoms with Crippen molar-refractivity contribution in [2.75, 3.05) is 31.8 Å². The van der Waals surface area contributed by atoms with Crippen LogP contribution in [0.25, 0.3) is 11.5 Å². The third kappa shape index (κ3) is 3.78. The predicted molar refractivity (Wildman–Crippen MR) is 109 cm³/mol. The Labute approximate surface area is 169 Å². The topological polar surface area (TPSA) is 63.9 Å². The molecule has 2 aliphatic heterocycles. The molecule has 0 unspecified atom stereocenters. The van der Waals surface area contributed by atoms with E-state index in [1.165, 1.54) is 5.69 Å². The van der Waals surface area contributed by atoms with Crippen molar-refractivity contribution < 1.29 is 13.9 Å². The summed E-state index contributed by atoms with van der Waals surface area (Å²) in [6, 6.07) is 16.6. The highest BCUT2D eigenvalue weighted by atomic mass is 16.7. The summed E-state index contributed by atoms with van der Waals surface area (Å²) in [5.41, 5.74) is 2.14. The molecule has 150 valence electrons. The fraction of sp³-hybridized carbons (Fsp3) is 0.364. The maximum absolute atomic E-state index is 5.86. The van der Waals surface area contributed by atoms with E-state index < -0.39 is 0 Å². The summed E-state index contributed by atoms with van der Waals surface area (Å²) in [6.45, 7) is 2.99. The highest BCUT2D eigenvalue weighted by molar-refractivity contribution is 5.57. The molecule has 29 heavy (non-hydrogen) atoms. The Morgan fingerprint density at radius 3 is 2.62 bits per heavy atom. The number of aromatic nitrogens is 2. The molecule has 0 aliphatic carbocycles. The van der Waals surface area contributed by atoms with Gasteiger partial charge in [-0.3, -0.25) is 4.90 Å². The first-order valence-electron chi connectivity index (χ1n) is 9.99. The van der Waals surface area contributed by atoms with Crippen LogP contribution >= 0.6 is 0 Å². The minimum Gasteiger partial charge on any atom is -0.454 e. The van der Waals surface area contributed by atoms with Gasteiger partial charge in [0.1, 0.15) is 0 Å². The average Bonchev–Trinajstić information content (AvgIpc) is 3.43. The van der Waals surface area contributed by atoms with Crippen LogP contribution in [-0.2, 0) is 6.54 Å². The summed E-state index contributed by atoms with van der Waals surface area (Å²) in [7, 11) is 2.13. The smallest absolute Gasteiger partial charge is 0.247 e. The standard InChI is InChI=1S/C22H24N4O3/c1-25(14-21-23-24-22(29-21)16-5-3-2-4-6-16)17-9-11-26(12-10-17)18-7-8-19-20(13-18)28-15-27-19/h2-8,13,17H,9-12,14-15H2,1H3. The summed E-state index contributed by atoms with van der Waals surface area (Å²) in [5, 5.41) is 8.42. The number of piperidine rings is 1. The summed E-state index contributed by atoms with van der Waals surface area (Å²) in [5.74, 6) is 2.90. The van der Waals surface area contributed by atoms with Gasteiger partial charge in [-0.25, -0.2) is 0 Å². The summed E-state index contributed by atoms with van der Waals surface area (Å²) < 4.78 is 16.8. The number of ether oxygens (including phenoxy) is 2. The second-order valence-corrected chi connectivity index (χ2v) is 7.54. The molecule has 0 amide bonds. The van der Waals surface area contributed by atoms with Crippen molar-refractivity contribution in [3.8, 4) is 23.0 Å². The van der Waals surface area contributed by atoms with Crippen molar-refractivity contribution >= 4 is 5.69 Å². The maximum Gasteiger partial charge on any atom is 0.247 e. The van der Waals surface area contributed by atoms with E-state index in [9.17, 15) is 0 Å².